The molecular weight excluding hydrogens is 404 g/mol. The Morgan fingerprint density at radius 1 is 1.28 bits per heavy atom. The highest BCUT2D eigenvalue weighted by molar-refractivity contribution is 5.78. The molecule has 2 aliphatic rings. The van der Waals surface area contributed by atoms with Crippen LogP contribution in [0.5, 0.6) is 0 Å². The van der Waals surface area contributed by atoms with Crippen molar-refractivity contribution in [3.8, 4) is 0 Å². The zero-order valence-electron chi connectivity index (χ0n) is 20.6. The normalized spacial score (nSPS) is 33.8. The topological polar surface area (TPSA) is 91.6 Å². The van der Waals surface area contributed by atoms with Crippen LogP contribution in [0.25, 0.3) is 0 Å². The molecule has 0 spiro atoms. The smallest absolute Gasteiger partial charge is 0.223 e. The van der Waals surface area contributed by atoms with Crippen molar-refractivity contribution in [2.45, 2.75) is 92.3 Å². The predicted molar refractivity (Wildman–Crippen MR) is 124 cm³/mol. The van der Waals surface area contributed by atoms with E-state index >= 15 is 0 Å². The second-order valence-electron chi connectivity index (χ2n) is 11.8. The van der Waals surface area contributed by atoms with Gasteiger partial charge in [-0.3, -0.25) is 9.59 Å². The highest BCUT2D eigenvalue weighted by Gasteiger charge is 2.53. The van der Waals surface area contributed by atoms with Crippen molar-refractivity contribution in [2.75, 3.05) is 0 Å². The average Bonchev–Trinajstić information content (AvgIpc) is 3.20. The van der Waals surface area contributed by atoms with Crippen LogP contribution in [-0.2, 0) is 16.1 Å². The number of aliphatic hydroxyl groups is 1. The fourth-order valence-corrected chi connectivity index (χ4v) is 6.18. The van der Waals surface area contributed by atoms with Crippen LogP contribution in [0.1, 0.15) is 79.4 Å². The third kappa shape index (κ3) is 5.56. The molecule has 1 heterocycles. The Morgan fingerprint density at radius 2 is 1.97 bits per heavy atom. The summed E-state index contributed by atoms with van der Waals surface area (Å²) in [4.78, 5) is 25.4. The lowest BCUT2D eigenvalue weighted by molar-refractivity contribution is -0.144. The first kappa shape index (κ1) is 24.8. The molecule has 2 saturated carbocycles. The number of aliphatic hydroxyl groups excluding tert-OH is 1. The Balaban J connectivity index is 1.66. The van der Waals surface area contributed by atoms with Gasteiger partial charge in [-0.25, -0.2) is 0 Å². The van der Waals surface area contributed by atoms with Gasteiger partial charge in [-0.2, -0.15) is 0 Å². The fraction of sp³-hybridized carbons (Fsp3) is 0.769. The number of amides is 2. The van der Waals surface area contributed by atoms with Crippen molar-refractivity contribution in [3.05, 3.63) is 24.2 Å². The molecular formula is C26H42N2O4. The summed E-state index contributed by atoms with van der Waals surface area (Å²) in [6, 6.07) is 3.71. The minimum Gasteiger partial charge on any atom is -0.467 e. The van der Waals surface area contributed by atoms with Crippen molar-refractivity contribution >= 4 is 11.8 Å². The number of rotatable bonds is 6. The number of fused-ring (bicyclic) bond motifs is 1. The number of nitrogens with one attached hydrogen (secondary N) is 2. The molecule has 2 amide bonds. The summed E-state index contributed by atoms with van der Waals surface area (Å²) < 4.78 is 5.30. The van der Waals surface area contributed by atoms with Crippen LogP contribution < -0.4 is 10.6 Å². The molecule has 1 aromatic rings. The largest absolute Gasteiger partial charge is 0.467 e. The number of furan rings is 1. The van der Waals surface area contributed by atoms with E-state index < -0.39 is 6.10 Å². The van der Waals surface area contributed by atoms with Crippen molar-refractivity contribution in [1.82, 2.24) is 10.6 Å². The van der Waals surface area contributed by atoms with Gasteiger partial charge in [0.2, 0.25) is 11.8 Å². The van der Waals surface area contributed by atoms with Gasteiger partial charge >= 0.3 is 0 Å². The standard InChI is InChI=1S/C26H42N2O4/c1-16(24(31)27-15-18-8-7-13-32-18)19-9-11-26(6)12-10-20(17(2)22(26)23(19)30)28-21(29)14-25(3,4)5/h7-8,13,16-17,19-20,22-23,30H,9-12,14-15H2,1-6H3,(H,27,31)(H,28,29)/t16-,17+,19+,20-,22+,23-,26-/m0/s1. The molecule has 2 aliphatic carbocycles. The summed E-state index contributed by atoms with van der Waals surface area (Å²) in [5, 5.41) is 17.7. The minimum atomic E-state index is -0.560. The maximum atomic E-state index is 12.8. The lowest BCUT2D eigenvalue weighted by atomic mass is 9.51. The van der Waals surface area contributed by atoms with E-state index in [0.29, 0.717) is 13.0 Å². The Morgan fingerprint density at radius 3 is 2.59 bits per heavy atom. The van der Waals surface area contributed by atoms with E-state index in [0.717, 1.165) is 31.4 Å². The first-order chi connectivity index (χ1) is 14.9. The Labute approximate surface area is 192 Å². The van der Waals surface area contributed by atoms with Crippen molar-refractivity contribution in [1.29, 1.82) is 0 Å². The van der Waals surface area contributed by atoms with Crippen LogP contribution in [0.2, 0.25) is 0 Å². The quantitative estimate of drug-likeness (QED) is 0.608. The van der Waals surface area contributed by atoms with E-state index in [1.165, 1.54) is 0 Å². The summed E-state index contributed by atoms with van der Waals surface area (Å²) in [6.07, 6.45) is 5.31. The highest BCUT2D eigenvalue weighted by Crippen LogP contribution is 2.55. The number of hydrogen-bond acceptors (Lipinski definition) is 4. The van der Waals surface area contributed by atoms with Crippen molar-refractivity contribution in [3.63, 3.8) is 0 Å². The molecule has 0 radical (unpaired) electrons. The van der Waals surface area contributed by atoms with Gasteiger partial charge in [0.1, 0.15) is 5.76 Å². The van der Waals surface area contributed by atoms with E-state index in [4.69, 9.17) is 4.42 Å². The molecule has 0 unspecified atom stereocenters. The van der Waals surface area contributed by atoms with E-state index in [1.54, 1.807) is 12.3 Å². The number of hydrogen-bond donors (Lipinski definition) is 3. The third-order valence-electron chi connectivity index (χ3n) is 8.00. The molecule has 0 saturated heterocycles. The molecule has 6 nitrogen and oxygen atoms in total. The summed E-state index contributed by atoms with van der Waals surface area (Å²) in [6.45, 7) is 12.9. The predicted octanol–water partition coefficient (Wildman–Crippen LogP) is 4.28. The minimum absolute atomic E-state index is 0.0466. The second-order valence-corrected chi connectivity index (χ2v) is 11.8. The molecule has 180 valence electrons. The number of carbonyl (C=O) groups excluding carboxylic acids is 2. The maximum absolute atomic E-state index is 12.8. The van der Waals surface area contributed by atoms with Crippen molar-refractivity contribution < 1.29 is 19.1 Å². The molecule has 3 N–H and O–H groups in total. The first-order valence-corrected chi connectivity index (χ1v) is 12.2. The van der Waals surface area contributed by atoms with Crippen molar-refractivity contribution in [2.24, 2.45) is 34.5 Å². The van der Waals surface area contributed by atoms with E-state index in [9.17, 15) is 14.7 Å². The van der Waals surface area contributed by atoms with E-state index in [2.05, 4.69) is 45.3 Å². The van der Waals surface area contributed by atoms with Gasteiger partial charge in [-0.05, 0) is 66.4 Å². The molecule has 0 aliphatic heterocycles. The van der Waals surface area contributed by atoms with Crippen LogP contribution in [0.3, 0.4) is 0 Å². The third-order valence-corrected chi connectivity index (χ3v) is 8.00. The SMILES string of the molecule is C[C@H]1[C@@H]2[C@@H](O)[C@@H]([C@H](C)C(=O)NCc3ccco3)CC[C@@]2(C)CC[C@@H]1NC(=O)CC(C)(C)C. The molecule has 3 rings (SSSR count). The van der Waals surface area contributed by atoms with Crippen LogP contribution in [-0.4, -0.2) is 29.1 Å². The summed E-state index contributed by atoms with van der Waals surface area (Å²) in [5.41, 5.74) is -0.00462. The van der Waals surface area contributed by atoms with Crippen LogP contribution >= 0.6 is 0 Å². The number of carbonyl (C=O) groups is 2. The lowest BCUT2D eigenvalue weighted by Crippen LogP contribution is -2.58. The second kappa shape index (κ2) is 9.58. The Bertz CT molecular complexity index is 784. The van der Waals surface area contributed by atoms with Gasteiger partial charge in [0.05, 0.1) is 18.9 Å². The summed E-state index contributed by atoms with van der Waals surface area (Å²) in [7, 11) is 0. The van der Waals surface area contributed by atoms with E-state index in [1.807, 2.05) is 13.0 Å². The molecule has 0 bridgehead atoms. The van der Waals surface area contributed by atoms with Gasteiger partial charge in [0.25, 0.3) is 0 Å². The zero-order chi connectivity index (χ0) is 23.7. The first-order valence-electron chi connectivity index (χ1n) is 12.2. The Hall–Kier alpha value is -1.82. The zero-order valence-corrected chi connectivity index (χ0v) is 20.6. The highest BCUT2D eigenvalue weighted by atomic mass is 16.3. The van der Waals surface area contributed by atoms with Crippen LogP contribution in [0, 0.1) is 34.5 Å². The molecule has 32 heavy (non-hydrogen) atoms. The molecule has 2 fully saturated rings. The maximum Gasteiger partial charge on any atom is 0.223 e. The van der Waals surface area contributed by atoms with Gasteiger partial charge in [-0.15, -0.1) is 0 Å². The Kier molecular flexibility index (Phi) is 7.43. The van der Waals surface area contributed by atoms with Crippen LogP contribution in [0.15, 0.2) is 22.8 Å². The molecule has 1 aromatic heterocycles. The van der Waals surface area contributed by atoms with Gasteiger partial charge < -0.3 is 20.2 Å². The molecule has 0 aromatic carbocycles. The molecule has 6 heteroatoms. The van der Waals surface area contributed by atoms with Gasteiger partial charge in [-0.1, -0.05) is 41.5 Å². The molecule has 7 atom stereocenters. The van der Waals surface area contributed by atoms with Gasteiger partial charge in [0.15, 0.2) is 0 Å². The monoisotopic (exact) mass is 446 g/mol. The van der Waals surface area contributed by atoms with Crippen LogP contribution in [0.4, 0.5) is 0 Å². The summed E-state index contributed by atoms with van der Waals surface area (Å²) >= 11 is 0. The summed E-state index contributed by atoms with van der Waals surface area (Å²) in [5.74, 6) is 0.614. The lowest BCUT2D eigenvalue weighted by Gasteiger charge is -2.56. The van der Waals surface area contributed by atoms with E-state index in [-0.39, 0.29) is 52.4 Å². The average molecular weight is 447 g/mol. The fourth-order valence-electron chi connectivity index (χ4n) is 6.18. The van der Waals surface area contributed by atoms with Gasteiger partial charge in [0, 0.05) is 18.4 Å².